The van der Waals surface area contributed by atoms with E-state index in [0.717, 1.165) is 62.3 Å². The van der Waals surface area contributed by atoms with Crippen LogP contribution >= 0.6 is 35.7 Å². The van der Waals surface area contributed by atoms with E-state index in [4.69, 9.17) is 10.5 Å². The topological polar surface area (TPSA) is 67.0 Å². The molecule has 0 saturated carbocycles. The van der Waals surface area contributed by atoms with Gasteiger partial charge in [-0.1, -0.05) is 6.07 Å². The molecule has 2 aliphatic heterocycles. The molecule has 1 aromatic heterocycles. The molecular weight excluding hydrogens is 425 g/mol. The van der Waals surface area contributed by atoms with Crippen LogP contribution in [-0.4, -0.2) is 66.7 Å². The summed E-state index contributed by atoms with van der Waals surface area (Å²) in [5.41, 5.74) is 7.16. The zero-order chi connectivity index (χ0) is 15.2. The zero-order valence-electron chi connectivity index (χ0n) is 13.2. The van der Waals surface area contributed by atoms with Crippen molar-refractivity contribution in [3.05, 3.63) is 23.9 Å². The molecule has 0 unspecified atom stereocenters. The lowest BCUT2D eigenvalue weighted by molar-refractivity contribution is 0.122. The summed E-state index contributed by atoms with van der Waals surface area (Å²) in [4.78, 5) is 13.4. The molecule has 128 valence electrons. The predicted octanol–water partition coefficient (Wildman–Crippen LogP) is 1.40. The molecule has 0 aliphatic carbocycles. The van der Waals surface area contributed by atoms with Crippen LogP contribution in [0.15, 0.2) is 23.3 Å². The minimum absolute atomic E-state index is 0. The molecule has 8 heteroatoms. The number of nitrogens with two attached hydrogens (primary N) is 1. The van der Waals surface area contributed by atoms with Gasteiger partial charge in [0.2, 0.25) is 0 Å². The Morgan fingerprint density at radius 3 is 2.61 bits per heavy atom. The van der Waals surface area contributed by atoms with Crippen LogP contribution in [0.2, 0.25) is 0 Å². The number of halogens is 1. The van der Waals surface area contributed by atoms with Crippen LogP contribution in [0.4, 0.5) is 5.82 Å². The van der Waals surface area contributed by atoms with E-state index in [1.165, 1.54) is 0 Å². The highest BCUT2D eigenvalue weighted by Gasteiger charge is 2.13. The Hall–Kier alpha value is -0.740. The number of anilines is 1. The molecule has 3 rings (SSSR count). The van der Waals surface area contributed by atoms with Crippen molar-refractivity contribution in [2.45, 2.75) is 6.54 Å². The van der Waals surface area contributed by atoms with Gasteiger partial charge in [-0.3, -0.25) is 0 Å². The number of hydrogen-bond acceptors (Lipinski definition) is 5. The van der Waals surface area contributed by atoms with Gasteiger partial charge in [-0.05, 0) is 11.6 Å². The number of guanidine groups is 1. The van der Waals surface area contributed by atoms with E-state index < -0.39 is 0 Å². The van der Waals surface area contributed by atoms with Crippen LogP contribution in [0.25, 0.3) is 0 Å². The van der Waals surface area contributed by atoms with E-state index in [1.807, 2.05) is 18.0 Å². The quantitative estimate of drug-likeness (QED) is 0.428. The normalized spacial score (nSPS) is 19.4. The first-order valence-electron chi connectivity index (χ1n) is 7.73. The largest absolute Gasteiger partial charge is 0.378 e. The summed E-state index contributed by atoms with van der Waals surface area (Å²) < 4.78 is 5.36. The van der Waals surface area contributed by atoms with Crippen molar-refractivity contribution >= 4 is 47.5 Å². The lowest BCUT2D eigenvalue weighted by Gasteiger charge is -2.28. The predicted molar refractivity (Wildman–Crippen MR) is 107 cm³/mol. The fraction of sp³-hybridized carbons (Fsp3) is 0.600. The summed E-state index contributed by atoms with van der Waals surface area (Å²) in [6.45, 7) is 5.94. The first kappa shape index (κ1) is 18.6. The molecule has 0 radical (unpaired) electrons. The Labute approximate surface area is 158 Å². The Morgan fingerprint density at radius 2 is 1.96 bits per heavy atom. The molecule has 0 atom stereocenters. The first-order valence-corrected chi connectivity index (χ1v) is 8.88. The number of morpholine rings is 1. The fourth-order valence-electron chi connectivity index (χ4n) is 2.55. The number of hydrogen-bond donors (Lipinski definition) is 1. The van der Waals surface area contributed by atoms with Crippen molar-refractivity contribution in [3.63, 3.8) is 0 Å². The van der Waals surface area contributed by atoms with Crippen LogP contribution < -0.4 is 10.6 Å². The van der Waals surface area contributed by atoms with Crippen molar-refractivity contribution in [2.24, 2.45) is 10.7 Å². The van der Waals surface area contributed by atoms with Crippen molar-refractivity contribution in [1.82, 2.24) is 9.88 Å². The first-order chi connectivity index (χ1) is 10.8. The minimum atomic E-state index is 0. The third kappa shape index (κ3) is 5.39. The molecule has 1 aromatic rings. The van der Waals surface area contributed by atoms with Gasteiger partial charge in [0.25, 0.3) is 0 Å². The lowest BCUT2D eigenvalue weighted by atomic mass is 10.2. The SMILES string of the molecule is I.NC(=NCc1ccc(N2CCOCC2)nc1)N1CCSCC1. The van der Waals surface area contributed by atoms with Gasteiger partial charge in [0, 0.05) is 43.9 Å². The molecule has 0 bridgehead atoms. The van der Waals surface area contributed by atoms with Gasteiger partial charge in [-0.15, -0.1) is 24.0 Å². The van der Waals surface area contributed by atoms with Gasteiger partial charge >= 0.3 is 0 Å². The molecule has 6 nitrogen and oxygen atoms in total. The molecule has 0 amide bonds. The molecule has 2 saturated heterocycles. The number of ether oxygens (including phenoxy) is 1. The summed E-state index contributed by atoms with van der Waals surface area (Å²) >= 11 is 1.97. The Bertz CT molecular complexity index is 501. The molecule has 2 N–H and O–H groups in total. The van der Waals surface area contributed by atoms with Crippen LogP contribution in [0, 0.1) is 0 Å². The number of nitrogens with zero attached hydrogens (tertiary/aromatic N) is 4. The van der Waals surface area contributed by atoms with Crippen molar-refractivity contribution in [2.75, 3.05) is 55.8 Å². The lowest BCUT2D eigenvalue weighted by Crippen LogP contribution is -2.42. The number of thioether (sulfide) groups is 1. The molecule has 2 aliphatic rings. The highest BCUT2D eigenvalue weighted by molar-refractivity contribution is 14.0. The zero-order valence-corrected chi connectivity index (χ0v) is 16.3. The smallest absolute Gasteiger partial charge is 0.191 e. The summed E-state index contributed by atoms with van der Waals surface area (Å²) in [7, 11) is 0. The number of rotatable bonds is 3. The Balaban J connectivity index is 0.00000192. The van der Waals surface area contributed by atoms with Crippen LogP contribution in [0.1, 0.15) is 5.56 Å². The second kappa shape index (κ2) is 9.53. The molecule has 2 fully saturated rings. The summed E-state index contributed by atoms with van der Waals surface area (Å²) in [5.74, 6) is 3.92. The van der Waals surface area contributed by atoms with Crippen molar-refractivity contribution in [1.29, 1.82) is 0 Å². The maximum Gasteiger partial charge on any atom is 0.191 e. The van der Waals surface area contributed by atoms with Crippen LogP contribution in [-0.2, 0) is 11.3 Å². The van der Waals surface area contributed by atoms with E-state index in [0.29, 0.717) is 12.5 Å². The molecule has 3 heterocycles. The average Bonchev–Trinajstić information content (AvgIpc) is 2.61. The van der Waals surface area contributed by atoms with Gasteiger partial charge in [-0.2, -0.15) is 11.8 Å². The fourth-order valence-corrected chi connectivity index (χ4v) is 3.46. The van der Waals surface area contributed by atoms with Gasteiger partial charge in [-0.25, -0.2) is 9.98 Å². The second-order valence-corrected chi connectivity index (χ2v) is 6.62. The Morgan fingerprint density at radius 1 is 1.22 bits per heavy atom. The third-order valence-electron chi connectivity index (χ3n) is 3.90. The van der Waals surface area contributed by atoms with Crippen molar-refractivity contribution in [3.8, 4) is 0 Å². The number of pyridine rings is 1. The third-order valence-corrected chi connectivity index (χ3v) is 4.85. The monoisotopic (exact) mass is 449 g/mol. The minimum Gasteiger partial charge on any atom is -0.378 e. The van der Waals surface area contributed by atoms with E-state index in [9.17, 15) is 0 Å². The maximum absolute atomic E-state index is 6.07. The van der Waals surface area contributed by atoms with Gasteiger partial charge in [0.05, 0.1) is 19.8 Å². The van der Waals surface area contributed by atoms with E-state index in [2.05, 4.69) is 31.9 Å². The standard InChI is InChI=1S/C15H23N5OS.HI/c16-15(20-5-9-22-10-6-20)18-12-13-1-2-14(17-11-13)19-3-7-21-8-4-19;/h1-2,11H,3-10,12H2,(H2,16,18);1H. The van der Waals surface area contributed by atoms with Gasteiger partial charge < -0.3 is 20.3 Å². The summed E-state index contributed by atoms with van der Waals surface area (Å²) in [6.07, 6.45) is 1.90. The van der Waals surface area contributed by atoms with E-state index in [-0.39, 0.29) is 24.0 Å². The number of aromatic nitrogens is 1. The van der Waals surface area contributed by atoms with Gasteiger partial charge in [0.15, 0.2) is 5.96 Å². The van der Waals surface area contributed by atoms with Crippen LogP contribution in [0.5, 0.6) is 0 Å². The van der Waals surface area contributed by atoms with Gasteiger partial charge in [0.1, 0.15) is 5.82 Å². The number of aliphatic imine (C=N–C) groups is 1. The molecule has 0 aromatic carbocycles. The summed E-state index contributed by atoms with van der Waals surface area (Å²) in [6, 6.07) is 4.14. The van der Waals surface area contributed by atoms with Crippen molar-refractivity contribution < 1.29 is 4.74 Å². The molecule has 0 spiro atoms. The Kier molecular flexibility index (Phi) is 7.71. The average molecular weight is 449 g/mol. The highest BCUT2D eigenvalue weighted by atomic mass is 127. The second-order valence-electron chi connectivity index (χ2n) is 5.40. The summed E-state index contributed by atoms with van der Waals surface area (Å²) in [5, 5.41) is 0. The van der Waals surface area contributed by atoms with E-state index in [1.54, 1.807) is 0 Å². The van der Waals surface area contributed by atoms with Crippen LogP contribution in [0.3, 0.4) is 0 Å². The highest BCUT2D eigenvalue weighted by Crippen LogP contribution is 2.14. The maximum atomic E-state index is 6.07. The molecular formula is C15H24IN5OS. The van der Waals surface area contributed by atoms with E-state index >= 15 is 0 Å². The molecule has 23 heavy (non-hydrogen) atoms.